The predicted octanol–water partition coefficient (Wildman–Crippen LogP) is 3.18. The number of aliphatic hydroxyl groups excluding tert-OH is 1. The number of hydrogen-bond acceptors (Lipinski definition) is 5. The molecule has 7 heteroatoms. The summed E-state index contributed by atoms with van der Waals surface area (Å²) < 4.78 is 7.25. The van der Waals surface area contributed by atoms with Crippen LogP contribution in [0.2, 0.25) is 0 Å². The summed E-state index contributed by atoms with van der Waals surface area (Å²) >= 11 is 1.34. The molecule has 0 fully saturated rings. The summed E-state index contributed by atoms with van der Waals surface area (Å²) in [5.74, 6) is 1.11. The molecule has 142 valence electrons. The van der Waals surface area contributed by atoms with Crippen molar-refractivity contribution in [2.24, 2.45) is 0 Å². The van der Waals surface area contributed by atoms with Gasteiger partial charge in [0.05, 0.1) is 6.10 Å². The molecule has 0 radical (unpaired) electrons. The second-order valence-electron chi connectivity index (χ2n) is 6.13. The number of hydrogen-bond donors (Lipinski definition) is 2. The molecule has 2 N–H and O–H groups in total. The number of benzene rings is 2. The molecule has 0 aliphatic rings. The van der Waals surface area contributed by atoms with E-state index < -0.39 is 6.10 Å². The first-order valence-corrected chi connectivity index (χ1v) is 9.90. The molecule has 0 aliphatic heterocycles. The molecular weight excluding hydrogens is 362 g/mol. The van der Waals surface area contributed by atoms with E-state index in [9.17, 15) is 9.90 Å². The highest BCUT2D eigenvalue weighted by Crippen LogP contribution is 2.22. The Morgan fingerprint density at radius 1 is 1.15 bits per heavy atom. The first-order chi connectivity index (χ1) is 13.2. The first-order valence-electron chi connectivity index (χ1n) is 8.91. The fraction of sp³-hybridized carbons (Fsp3) is 0.300. The fourth-order valence-corrected chi connectivity index (χ4v) is 3.50. The van der Waals surface area contributed by atoms with Gasteiger partial charge in [0.25, 0.3) is 0 Å². The maximum atomic E-state index is 11.7. The molecule has 0 saturated heterocycles. The molecule has 1 atom stereocenters. The molecule has 1 heterocycles. The van der Waals surface area contributed by atoms with Crippen molar-refractivity contribution in [1.29, 1.82) is 0 Å². The van der Waals surface area contributed by atoms with Crippen molar-refractivity contribution in [3.8, 4) is 16.9 Å². The lowest BCUT2D eigenvalue weighted by molar-refractivity contribution is 0.126. The minimum absolute atomic E-state index is 0.181. The monoisotopic (exact) mass is 385 g/mol. The van der Waals surface area contributed by atoms with Crippen molar-refractivity contribution in [1.82, 2.24) is 14.8 Å². The number of nitrogens with one attached hydrogen (secondary N) is 1. The summed E-state index contributed by atoms with van der Waals surface area (Å²) in [6, 6.07) is 17.9. The third-order valence-corrected chi connectivity index (χ3v) is 5.10. The van der Waals surface area contributed by atoms with E-state index in [0.717, 1.165) is 17.5 Å². The van der Waals surface area contributed by atoms with Crippen LogP contribution in [0.5, 0.6) is 5.75 Å². The molecule has 0 saturated carbocycles. The molecule has 0 bridgehead atoms. The number of H-pyrrole nitrogens is 1. The minimum atomic E-state index is -0.661. The molecule has 0 amide bonds. The third kappa shape index (κ3) is 5.24. The van der Waals surface area contributed by atoms with E-state index in [4.69, 9.17) is 4.74 Å². The number of nitrogens with zero attached hydrogens (tertiary/aromatic N) is 2. The van der Waals surface area contributed by atoms with Crippen LogP contribution in [0.25, 0.3) is 11.1 Å². The molecule has 1 aromatic heterocycles. The Morgan fingerprint density at radius 2 is 1.85 bits per heavy atom. The lowest BCUT2D eigenvalue weighted by Gasteiger charge is -2.12. The Kier molecular flexibility index (Phi) is 6.73. The second kappa shape index (κ2) is 9.43. The van der Waals surface area contributed by atoms with E-state index in [1.54, 1.807) is 4.57 Å². The summed E-state index contributed by atoms with van der Waals surface area (Å²) in [4.78, 5) is 11.7. The van der Waals surface area contributed by atoms with Gasteiger partial charge in [-0.05, 0) is 29.7 Å². The number of rotatable bonds is 9. The van der Waals surface area contributed by atoms with Crippen LogP contribution in [-0.4, -0.2) is 38.3 Å². The van der Waals surface area contributed by atoms with Crippen LogP contribution in [0.15, 0.2) is 64.5 Å². The molecule has 1 unspecified atom stereocenters. The summed E-state index contributed by atoms with van der Waals surface area (Å²) in [5, 5.41) is 17.2. The Balaban J connectivity index is 1.49. The topological polar surface area (TPSA) is 80.1 Å². The predicted molar refractivity (Wildman–Crippen MR) is 107 cm³/mol. The van der Waals surface area contributed by atoms with Crippen LogP contribution in [0.4, 0.5) is 0 Å². The smallest absolute Gasteiger partial charge is 0.343 e. The zero-order valence-corrected chi connectivity index (χ0v) is 16.0. The average Bonchev–Trinajstić information content (AvgIpc) is 3.06. The van der Waals surface area contributed by atoms with Crippen molar-refractivity contribution in [3.05, 3.63) is 65.1 Å². The van der Waals surface area contributed by atoms with Crippen molar-refractivity contribution in [2.75, 3.05) is 12.4 Å². The van der Waals surface area contributed by atoms with Gasteiger partial charge in [-0.3, -0.25) is 4.57 Å². The Bertz CT molecular complexity index is 891. The van der Waals surface area contributed by atoms with Crippen LogP contribution in [0, 0.1) is 0 Å². The number of thioether (sulfide) groups is 1. The molecular formula is C20H23N3O3S. The van der Waals surface area contributed by atoms with Crippen molar-refractivity contribution in [3.63, 3.8) is 0 Å². The molecule has 0 aliphatic carbocycles. The van der Waals surface area contributed by atoms with E-state index in [-0.39, 0.29) is 12.3 Å². The Labute approximate surface area is 162 Å². The SMILES string of the molecule is CCCn1c(SCC(O)COc2ccc(-c3ccccc3)cc2)n[nH]c1=O. The van der Waals surface area contributed by atoms with E-state index in [1.165, 1.54) is 11.8 Å². The third-order valence-electron chi connectivity index (χ3n) is 3.98. The summed E-state index contributed by atoms with van der Waals surface area (Å²) in [7, 11) is 0. The van der Waals surface area contributed by atoms with Gasteiger partial charge in [0.15, 0.2) is 5.16 Å². The van der Waals surface area contributed by atoms with Gasteiger partial charge in [-0.15, -0.1) is 5.10 Å². The molecule has 6 nitrogen and oxygen atoms in total. The minimum Gasteiger partial charge on any atom is -0.491 e. The largest absolute Gasteiger partial charge is 0.491 e. The molecule has 0 spiro atoms. The number of aromatic nitrogens is 3. The quantitative estimate of drug-likeness (QED) is 0.553. The standard InChI is InChI=1S/C20H23N3O3S/c1-2-12-23-19(25)21-22-20(23)27-14-17(24)13-26-18-10-8-16(9-11-18)15-6-4-3-5-7-15/h3-11,17,24H,2,12-14H2,1H3,(H,21,25). The average molecular weight is 385 g/mol. The van der Waals surface area contributed by atoms with Crippen LogP contribution >= 0.6 is 11.8 Å². The molecule has 3 aromatic rings. The van der Waals surface area contributed by atoms with Gasteiger partial charge in [-0.25, -0.2) is 9.89 Å². The Morgan fingerprint density at radius 3 is 2.56 bits per heavy atom. The lowest BCUT2D eigenvalue weighted by Crippen LogP contribution is -2.21. The maximum absolute atomic E-state index is 11.7. The van der Waals surface area contributed by atoms with Gasteiger partial charge in [0.2, 0.25) is 0 Å². The van der Waals surface area contributed by atoms with E-state index >= 15 is 0 Å². The lowest BCUT2D eigenvalue weighted by atomic mass is 10.1. The van der Waals surface area contributed by atoms with Gasteiger partial charge in [-0.1, -0.05) is 61.2 Å². The van der Waals surface area contributed by atoms with Gasteiger partial charge >= 0.3 is 5.69 Å². The highest BCUT2D eigenvalue weighted by Gasteiger charge is 2.12. The second-order valence-corrected chi connectivity index (χ2v) is 7.12. The number of aromatic amines is 1. The van der Waals surface area contributed by atoms with Crippen LogP contribution in [0.1, 0.15) is 13.3 Å². The van der Waals surface area contributed by atoms with E-state index in [0.29, 0.717) is 23.2 Å². The fourth-order valence-electron chi connectivity index (χ4n) is 2.62. The van der Waals surface area contributed by atoms with Gasteiger partial charge in [0.1, 0.15) is 12.4 Å². The highest BCUT2D eigenvalue weighted by atomic mass is 32.2. The summed E-state index contributed by atoms with van der Waals surface area (Å²) in [6.45, 7) is 2.79. The zero-order chi connectivity index (χ0) is 19.1. The van der Waals surface area contributed by atoms with E-state index in [1.807, 2.05) is 49.4 Å². The van der Waals surface area contributed by atoms with Crippen LogP contribution in [-0.2, 0) is 6.54 Å². The number of ether oxygens (including phenoxy) is 1. The van der Waals surface area contributed by atoms with Crippen molar-refractivity contribution < 1.29 is 9.84 Å². The normalized spacial score (nSPS) is 12.1. The van der Waals surface area contributed by atoms with Crippen molar-refractivity contribution >= 4 is 11.8 Å². The summed E-state index contributed by atoms with van der Waals surface area (Å²) in [5.41, 5.74) is 2.05. The number of aliphatic hydroxyl groups is 1. The molecule has 27 heavy (non-hydrogen) atoms. The summed E-state index contributed by atoms with van der Waals surface area (Å²) in [6.07, 6.45) is 0.183. The van der Waals surface area contributed by atoms with Crippen LogP contribution < -0.4 is 10.4 Å². The molecule has 2 aromatic carbocycles. The van der Waals surface area contributed by atoms with Crippen molar-refractivity contribution in [2.45, 2.75) is 31.1 Å². The van der Waals surface area contributed by atoms with Gasteiger partial charge in [-0.2, -0.15) is 0 Å². The molecule has 3 rings (SSSR count). The van der Waals surface area contributed by atoms with Crippen LogP contribution in [0.3, 0.4) is 0 Å². The Hall–Kier alpha value is -2.51. The van der Waals surface area contributed by atoms with E-state index in [2.05, 4.69) is 22.3 Å². The first kappa shape index (κ1) is 19.3. The zero-order valence-electron chi connectivity index (χ0n) is 15.2. The van der Waals surface area contributed by atoms with Gasteiger partial charge in [0, 0.05) is 12.3 Å². The maximum Gasteiger partial charge on any atom is 0.343 e. The highest BCUT2D eigenvalue weighted by molar-refractivity contribution is 7.99. The van der Waals surface area contributed by atoms with Gasteiger partial charge < -0.3 is 9.84 Å².